The van der Waals surface area contributed by atoms with Gasteiger partial charge in [-0.1, -0.05) is 0 Å². The van der Waals surface area contributed by atoms with E-state index in [1.165, 1.54) is 0 Å². The average Bonchev–Trinajstić information content (AvgIpc) is 2.54. The van der Waals surface area contributed by atoms with Crippen LogP contribution in [0.1, 0.15) is 0 Å². The summed E-state index contributed by atoms with van der Waals surface area (Å²) in [7, 11) is 0. The highest BCUT2D eigenvalue weighted by Crippen LogP contribution is 2.24. The van der Waals surface area contributed by atoms with E-state index in [2.05, 4.69) is 0 Å². The lowest BCUT2D eigenvalue weighted by atomic mass is 9.98. The van der Waals surface area contributed by atoms with Crippen LogP contribution in [-0.2, 0) is 14.2 Å². The van der Waals surface area contributed by atoms with Crippen molar-refractivity contribution >= 4 is 0 Å². The molecular formula is C12H22O11. The fourth-order valence-electron chi connectivity index (χ4n) is 2.46. The third-order valence-corrected chi connectivity index (χ3v) is 3.96. The molecule has 8 N–H and O–H groups in total. The first-order valence-electron chi connectivity index (χ1n) is 7.07. The molecule has 11 nitrogen and oxygen atoms in total. The van der Waals surface area contributed by atoms with Crippen molar-refractivity contribution < 1.29 is 55.1 Å². The summed E-state index contributed by atoms with van der Waals surface area (Å²) in [5, 5.41) is 76.1. The van der Waals surface area contributed by atoms with E-state index in [4.69, 9.17) is 19.3 Å². The van der Waals surface area contributed by atoms with Crippen molar-refractivity contribution in [3.63, 3.8) is 0 Å². The van der Waals surface area contributed by atoms with E-state index in [1.807, 2.05) is 0 Å². The van der Waals surface area contributed by atoms with Gasteiger partial charge in [0.15, 0.2) is 12.6 Å². The Hall–Kier alpha value is -0.440. The highest BCUT2D eigenvalue weighted by molar-refractivity contribution is 4.91. The predicted molar refractivity (Wildman–Crippen MR) is 68.6 cm³/mol. The summed E-state index contributed by atoms with van der Waals surface area (Å²) in [6, 6.07) is 0. The van der Waals surface area contributed by atoms with Gasteiger partial charge in [-0.25, -0.2) is 0 Å². The molecule has 10 atom stereocenters. The van der Waals surface area contributed by atoms with Gasteiger partial charge in [0, 0.05) is 0 Å². The maximum Gasteiger partial charge on any atom is 0.186 e. The van der Waals surface area contributed by atoms with Crippen LogP contribution < -0.4 is 0 Å². The van der Waals surface area contributed by atoms with Crippen molar-refractivity contribution in [2.24, 2.45) is 0 Å². The zero-order valence-corrected chi connectivity index (χ0v) is 12.0. The van der Waals surface area contributed by atoms with Crippen molar-refractivity contribution in [2.45, 2.75) is 61.4 Å². The first-order valence-corrected chi connectivity index (χ1v) is 7.07. The van der Waals surface area contributed by atoms with Gasteiger partial charge in [0.05, 0.1) is 13.2 Å². The van der Waals surface area contributed by atoms with Gasteiger partial charge in [-0.05, 0) is 0 Å². The molecule has 2 rings (SSSR count). The molecule has 23 heavy (non-hydrogen) atoms. The fraction of sp³-hybridized carbons (Fsp3) is 1.00. The van der Waals surface area contributed by atoms with Crippen molar-refractivity contribution in [1.82, 2.24) is 0 Å². The van der Waals surface area contributed by atoms with Crippen molar-refractivity contribution in [1.29, 1.82) is 0 Å². The Morgan fingerprint density at radius 2 is 1.22 bits per heavy atom. The second-order valence-corrected chi connectivity index (χ2v) is 5.57. The number of ether oxygens (including phenoxy) is 3. The van der Waals surface area contributed by atoms with Crippen LogP contribution in [-0.4, -0.2) is 115 Å². The molecule has 0 aromatic heterocycles. The standard InChI is InChI=1S/C12H22O11/c13-1-3-5(14)8(17)10(19)12(23-3)21-2-4-6(15)7(16)9(18)11(20)22-4/h3-20H,1-2H2/t3-,4-,5-,6-,7+,8+,9-,10-,11+,12-/m1/s1. The molecule has 0 spiro atoms. The first-order chi connectivity index (χ1) is 10.8. The highest BCUT2D eigenvalue weighted by Gasteiger charge is 2.46. The molecule has 11 heteroatoms. The van der Waals surface area contributed by atoms with Gasteiger partial charge in [-0.15, -0.1) is 0 Å². The molecule has 2 aliphatic rings. The zero-order chi connectivity index (χ0) is 17.3. The van der Waals surface area contributed by atoms with E-state index in [0.717, 1.165) is 0 Å². The summed E-state index contributed by atoms with van der Waals surface area (Å²) in [6.45, 7) is -1.10. The number of hydrogen-bond donors (Lipinski definition) is 8. The third-order valence-electron chi connectivity index (χ3n) is 3.96. The predicted octanol–water partition coefficient (Wildman–Crippen LogP) is -5.40. The van der Waals surface area contributed by atoms with E-state index in [-0.39, 0.29) is 0 Å². The number of rotatable bonds is 4. The monoisotopic (exact) mass is 342 g/mol. The maximum absolute atomic E-state index is 9.78. The van der Waals surface area contributed by atoms with E-state index < -0.39 is 74.6 Å². The minimum atomic E-state index is -1.74. The van der Waals surface area contributed by atoms with Crippen molar-refractivity contribution in [3.8, 4) is 0 Å². The molecular weight excluding hydrogens is 320 g/mol. The average molecular weight is 342 g/mol. The van der Waals surface area contributed by atoms with E-state index in [0.29, 0.717) is 0 Å². The SMILES string of the molecule is OC[C@H]1O[C@@H](OC[C@H]2O[C@H](O)[C@H](O)[C@@H](O)[C@@H]2O)[C@H](O)[C@@H](O)[C@@H]1O. The summed E-state index contributed by atoms with van der Waals surface area (Å²) in [5.41, 5.74) is 0. The lowest BCUT2D eigenvalue weighted by molar-refractivity contribution is -0.325. The molecule has 2 fully saturated rings. The Bertz CT molecular complexity index is 380. The Labute approximate surface area is 130 Å². The number of aliphatic hydroxyl groups is 8. The minimum Gasteiger partial charge on any atom is -0.394 e. The molecule has 136 valence electrons. The zero-order valence-electron chi connectivity index (χ0n) is 12.0. The van der Waals surface area contributed by atoms with Crippen LogP contribution in [0.15, 0.2) is 0 Å². The molecule has 0 aromatic rings. The summed E-state index contributed by atoms with van der Waals surface area (Å²) in [6.07, 6.45) is -15.3. The van der Waals surface area contributed by atoms with Crippen molar-refractivity contribution in [2.75, 3.05) is 13.2 Å². The molecule has 0 saturated carbocycles. The summed E-state index contributed by atoms with van der Waals surface area (Å²) < 4.78 is 15.1. The topological polar surface area (TPSA) is 190 Å². The maximum atomic E-state index is 9.78. The smallest absolute Gasteiger partial charge is 0.186 e. The summed E-state index contributed by atoms with van der Waals surface area (Å²) in [4.78, 5) is 0. The number of aliphatic hydroxyl groups excluding tert-OH is 8. The third kappa shape index (κ3) is 3.81. The van der Waals surface area contributed by atoms with Crippen LogP contribution in [0.25, 0.3) is 0 Å². The lowest BCUT2D eigenvalue weighted by Gasteiger charge is -2.41. The van der Waals surface area contributed by atoms with Gasteiger partial charge in [0.25, 0.3) is 0 Å². The van der Waals surface area contributed by atoms with Crippen LogP contribution in [0.5, 0.6) is 0 Å². The van der Waals surface area contributed by atoms with Gasteiger partial charge >= 0.3 is 0 Å². The first kappa shape index (κ1) is 18.9. The molecule has 0 radical (unpaired) electrons. The van der Waals surface area contributed by atoms with E-state index in [9.17, 15) is 35.7 Å². The second-order valence-electron chi connectivity index (χ2n) is 5.57. The molecule has 2 heterocycles. The van der Waals surface area contributed by atoms with Crippen LogP contribution in [0, 0.1) is 0 Å². The Morgan fingerprint density at radius 3 is 1.83 bits per heavy atom. The van der Waals surface area contributed by atoms with Gasteiger partial charge in [-0.2, -0.15) is 0 Å². The summed E-state index contributed by atoms with van der Waals surface area (Å²) >= 11 is 0. The van der Waals surface area contributed by atoms with E-state index >= 15 is 0 Å². The molecule has 2 saturated heterocycles. The van der Waals surface area contributed by atoms with Crippen LogP contribution in [0.4, 0.5) is 0 Å². The van der Waals surface area contributed by atoms with Gasteiger partial charge < -0.3 is 55.1 Å². The van der Waals surface area contributed by atoms with Gasteiger partial charge in [-0.3, -0.25) is 0 Å². The quantitative estimate of drug-likeness (QED) is 0.243. The largest absolute Gasteiger partial charge is 0.394 e. The fourth-order valence-corrected chi connectivity index (χ4v) is 2.46. The van der Waals surface area contributed by atoms with Gasteiger partial charge in [0.2, 0.25) is 0 Å². The molecule has 0 aromatic carbocycles. The van der Waals surface area contributed by atoms with Crippen LogP contribution in [0.2, 0.25) is 0 Å². The number of hydrogen-bond acceptors (Lipinski definition) is 11. The van der Waals surface area contributed by atoms with Crippen LogP contribution in [0.3, 0.4) is 0 Å². The Balaban J connectivity index is 1.94. The minimum absolute atomic E-state index is 0.468. The molecule has 0 unspecified atom stereocenters. The lowest BCUT2D eigenvalue weighted by Crippen LogP contribution is -2.61. The summed E-state index contributed by atoms with van der Waals surface area (Å²) in [5.74, 6) is 0. The molecule has 0 aliphatic carbocycles. The van der Waals surface area contributed by atoms with Crippen molar-refractivity contribution in [3.05, 3.63) is 0 Å². The van der Waals surface area contributed by atoms with Crippen LogP contribution >= 0.6 is 0 Å². The molecule has 0 amide bonds. The molecule has 2 aliphatic heterocycles. The Morgan fingerprint density at radius 1 is 0.652 bits per heavy atom. The Kier molecular flexibility index (Phi) is 6.27. The molecule has 0 bridgehead atoms. The highest BCUT2D eigenvalue weighted by atomic mass is 16.7. The van der Waals surface area contributed by atoms with Gasteiger partial charge in [0.1, 0.15) is 48.8 Å². The second kappa shape index (κ2) is 7.63. The normalized spacial score (nSPS) is 51.7. The van der Waals surface area contributed by atoms with E-state index in [1.54, 1.807) is 0 Å².